The third-order valence-electron chi connectivity index (χ3n) is 10.8. The maximum atomic E-state index is 6.84. The van der Waals surface area contributed by atoms with Crippen LogP contribution in [0, 0.1) is 0 Å². The van der Waals surface area contributed by atoms with Crippen LogP contribution in [0.2, 0.25) is 0 Å². The maximum absolute atomic E-state index is 6.84. The van der Waals surface area contributed by atoms with Crippen LogP contribution >= 0.6 is 34.0 Å². The van der Waals surface area contributed by atoms with E-state index in [0.29, 0.717) is 0 Å². The van der Waals surface area contributed by atoms with Crippen molar-refractivity contribution in [1.82, 2.24) is 0 Å². The van der Waals surface area contributed by atoms with Crippen LogP contribution in [-0.2, 0) is 6.42 Å². The van der Waals surface area contributed by atoms with E-state index in [0.717, 1.165) is 67.0 Å². The van der Waals surface area contributed by atoms with Gasteiger partial charge < -0.3 is 13.3 Å². The molecular formula is C43H20O3S3. The van der Waals surface area contributed by atoms with Gasteiger partial charge in [0.25, 0.3) is 0 Å². The van der Waals surface area contributed by atoms with Crippen molar-refractivity contribution in [3.8, 4) is 22.3 Å². The molecule has 0 N–H and O–H groups in total. The summed E-state index contributed by atoms with van der Waals surface area (Å²) in [6.07, 6.45) is 0.736. The summed E-state index contributed by atoms with van der Waals surface area (Å²) in [6, 6.07) is 25.6. The zero-order valence-corrected chi connectivity index (χ0v) is 28.0. The largest absolute Gasteiger partial charge is 0.460 e. The highest BCUT2D eigenvalue weighted by Crippen LogP contribution is 2.59. The molecule has 6 heterocycles. The van der Waals surface area contributed by atoms with Gasteiger partial charge in [-0.15, -0.1) is 0 Å². The number of hydrogen-bond donors (Lipinski definition) is 0. The SMILES string of the molecule is c1ccc2c3c(oc2c1)Cc1cscc1-c1c-3c2c3cscc3c3oc4ccccc4c3c2c2c3cscc3c3oc4ccccc4c3c12. The second kappa shape index (κ2) is 8.79. The number of benzene rings is 6. The van der Waals surface area contributed by atoms with Crippen LogP contribution in [0.15, 0.2) is 118 Å². The number of hydrogen-bond acceptors (Lipinski definition) is 6. The zero-order chi connectivity index (χ0) is 31.5. The first-order valence-corrected chi connectivity index (χ1v) is 19.1. The molecule has 0 bridgehead atoms. The minimum Gasteiger partial charge on any atom is -0.460 e. The molecule has 1 aliphatic carbocycles. The summed E-state index contributed by atoms with van der Waals surface area (Å²) in [5, 5.41) is 29.4. The normalized spacial score (nSPS) is 13.2. The second-order valence-electron chi connectivity index (χ2n) is 13.1. The molecule has 6 heteroatoms. The van der Waals surface area contributed by atoms with Crippen molar-refractivity contribution in [2.45, 2.75) is 6.42 Å². The van der Waals surface area contributed by atoms with Gasteiger partial charge in [0.1, 0.15) is 33.7 Å². The van der Waals surface area contributed by atoms with E-state index in [9.17, 15) is 0 Å². The molecule has 1 aliphatic rings. The van der Waals surface area contributed by atoms with Crippen LogP contribution in [0.5, 0.6) is 0 Å². The molecule has 0 saturated carbocycles. The predicted molar refractivity (Wildman–Crippen MR) is 208 cm³/mol. The topological polar surface area (TPSA) is 39.4 Å². The first-order valence-electron chi connectivity index (χ1n) is 16.3. The Morgan fingerprint density at radius 2 is 0.939 bits per heavy atom. The fourth-order valence-corrected chi connectivity index (χ4v) is 11.4. The Morgan fingerprint density at radius 1 is 0.388 bits per heavy atom. The van der Waals surface area contributed by atoms with Crippen LogP contribution in [-0.4, -0.2) is 0 Å². The second-order valence-corrected chi connectivity index (χ2v) is 15.4. The van der Waals surface area contributed by atoms with E-state index < -0.39 is 0 Å². The number of fused-ring (bicyclic) bond motifs is 26. The summed E-state index contributed by atoms with van der Waals surface area (Å²) in [4.78, 5) is 0. The van der Waals surface area contributed by atoms with Gasteiger partial charge >= 0.3 is 0 Å². The van der Waals surface area contributed by atoms with Gasteiger partial charge in [-0.2, -0.15) is 34.0 Å². The summed E-state index contributed by atoms with van der Waals surface area (Å²) in [6.45, 7) is 0. The maximum Gasteiger partial charge on any atom is 0.144 e. The highest BCUT2D eigenvalue weighted by Gasteiger charge is 2.34. The van der Waals surface area contributed by atoms with E-state index in [1.807, 2.05) is 0 Å². The Labute approximate surface area is 288 Å². The van der Waals surface area contributed by atoms with Gasteiger partial charge in [0, 0.05) is 104 Å². The Bertz CT molecular complexity index is 3430. The standard InChI is InChI=1S/C43H20O3S3/c1-4-10-29-21(7-1)33-32(44-29)13-20-14-47-15-24(20)34-39(33)35-25-16-48-18-27(25)43-38(23-9-3-6-12-31(23)46-43)41(35)36-26-17-49-19-28(26)42-37(40(34)36)22-8-2-5-11-30(22)45-42/h1-12,14-19H,13H2. The lowest BCUT2D eigenvalue weighted by atomic mass is 9.80. The molecule has 0 atom stereocenters. The Balaban J connectivity index is 1.49. The molecule has 0 spiro atoms. The lowest BCUT2D eigenvalue weighted by Gasteiger charge is -2.20. The lowest BCUT2D eigenvalue weighted by Crippen LogP contribution is -1.93. The summed E-state index contributed by atoms with van der Waals surface area (Å²) < 4.78 is 20.5. The van der Waals surface area contributed by atoms with Gasteiger partial charge in [-0.3, -0.25) is 0 Å². The van der Waals surface area contributed by atoms with Crippen LogP contribution < -0.4 is 0 Å². The molecule has 13 rings (SSSR count). The molecule has 0 saturated heterocycles. The average Bonchev–Trinajstić information content (AvgIpc) is 3.98. The van der Waals surface area contributed by atoms with Crippen LogP contribution in [0.4, 0.5) is 0 Å². The van der Waals surface area contributed by atoms with Crippen molar-refractivity contribution in [3.63, 3.8) is 0 Å². The van der Waals surface area contributed by atoms with E-state index >= 15 is 0 Å². The lowest BCUT2D eigenvalue weighted by molar-refractivity contribution is 0.565. The van der Waals surface area contributed by atoms with Gasteiger partial charge in [0.05, 0.1) is 0 Å². The third kappa shape index (κ3) is 2.98. The van der Waals surface area contributed by atoms with Gasteiger partial charge in [-0.1, -0.05) is 54.6 Å². The van der Waals surface area contributed by atoms with E-state index in [4.69, 9.17) is 13.3 Å². The van der Waals surface area contributed by atoms with Gasteiger partial charge in [0.15, 0.2) is 0 Å². The average molecular weight is 681 g/mol. The fourth-order valence-electron chi connectivity index (χ4n) is 8.96. The van der Waals surface area contributed by atoms with Crippen LogP contribution in [0.1, 0.15) is 11.3 Å². The Morgan fingerprint density at radius 3 is 1.63 bits per heavy atom. The first-order chi connectivity index (χ1) is 24.3. The van der Waals surface area contributed by atoms with Crippen molar-refractivity contribution < 1.29 is 13.3 Å². The number of para-hydroxylation sites is 3. The Hall–Kier alpha value is -5.40. The first kappa shape index (κ1) is 25.6. The molecular weight excluding hydrogens is 661 g/mol. The van der Waals surface area contributed by atoms with E-state index in [1.165, 1.54) is 70.9 Å². The van der Waals surface area contributed by atoms with Crippen molar-refractivity contribution in [2.75, 3.05) is 0 Å². The van der Waals surface area contributed by atoms with Gasteiger partial charge in [-0.25, -0.2) is 0 Å². The van der Waals surface area contributed by atoms with Crippen LogP contribution in [0.25, 0.3) is 120 Å². The number of thiophene rings is 3. The molecule has 0 fully saturated rings. The molecule has 49 heavy (non-hydrogen) atoms. The summed E-state index contributed by atoms with van der Waals surface area (Å²) in [5.74, 6) is 1.02. The summed E-state index contributed by atoms with van der Waals surface area (Å²) in [7, 11) is 0. The molecule has 12 aromatic rings. The zero-order valence-electron chi connectivity index (χ0n) is 25.5. The quantitative estimate of drug-likeness (QED) is 0.150. The van der Waals surface area contributed by atoms with E-state index in [-0.39, 0.29) is 0 Å². The molecule has 6 aromatic carbocycles. The molecule has 0 radical (unpaired) electrons. The smallest absolute Gasteiger partial charge is 0.144 e. The highest BCUT2D eigenvalue weighted by atomic mass is 32.1. The van der Waals surface area contributed by atoms with Crippen molar-refractivity contribution in [3.05, 3.63) is 116 Å². The monoisotopic (exact) mass is 680 g/mol. The van der Waals surface area contributed by atoms with Gasteiger partial charge in [0.2, 0.25) is 0 Å². The summed E-state index contributed by atoms with van der Waals surface area (Å²) in [5.41, 5.74) is 10.9. The molecule has 6 aromatic heterocycles. The number of rotatable bonds is 0. The number of furan rings is 3. The molecule has 0 amide bonds. The van der Waals surface area contributed by atoms with E-state index in [2.05, 4.69) is 105 Å². The minimum absolute atomic E-state index is 0.736. The predicted octanol–water partition coefficient (Wildman–Crippen LogP) is 14.3. The summed E-state index contributed by atoms with van der Waals surface area (Å²) >= 11 is 5.26. The third-order valence-corrected chi connectivity index (χ3v) is 13.1. The fraction of sp³-hybridized carbons (Fsp3) is 0.0233. The molecule has 0 unspecified atom stereocenters. The molecule has 3 nitrogen and oxygen atoms in total. The van der Waals surface area contributed by atoms with Crippen molar-refractivity contribution in [2.24, 2.45) is 0 Å². The van der Waals surface area contributed by atoms with Crippen molar-refractivity contribution >= 4 is 132 Å². The van der Waals surface area contributed by atoms with Crippen molar-refractivity contribution in [1.29, 1.82) is 0 Å². The Kier molecular flexibility index (Phi) is 4.59. The highest BCUT2D eigenvalue weighted by molar-refractivity contribution is 7.10. The van der Waals surface area contributed by atoms with Crippen LogP contribution in [0.3, 0.4) is 0 Å². The van der Waals surface area contributed by atoms with Gasteiger partial charge in [-0.05, 0) is 50.8 Å². The molecule has 0 aliphatic heterocycles. The van der Waals surface area contributed by atoms with E-state index in [1.54, 1.807) is 34.0 Å². The minimum atomic E-state index is 0.736. The molecule has 228 valence electrons.